The first-order valence-electron chi connectivity index (χ1n) is 9.52. The van der Waals surface area contributed by atoms with E-state index in [1.54, 1.807) is 7.05 Å². The zero-order valence-electron chi connectivity index (χ0n) is 16.4. The van der Waals surface area contributed by atoms with Crippen LogP contribution in [0.15, 0.2) is 29.3 Å². The molecule has 10 nitrogen and oxygen atoms in total. The molecule has 0 saturated carbocycles. The van der Waals surface area contributed by atoms with E-state index in [0.717, 1.165) is 29.3 Å². The van der Waals surface area contributed by atoms with Gasteiger partial charge in [-0.3, -0.25) is 19.4 Å². The van der Waals surface area contributed by atoms with Crippen molar-refractivity contribution in [3.8, 4) is 5.75 Å². The summed E-state index contributed by atoms with van der Waals surface area (Å²) in [6.45, 7) is 3.43. The largest absolute Gasteiger partial charge is 0.494 e. The smallest absolute Gasteiger partial charge is 0.397 e. The van der Waals surface area contributed by atoms with Crippen LogP contribution < -0.4 is 15.4 Å². The molecule has 3 aliphatic heterocycles. The van der Waals surface area contributed by atoms with Crippen molar-refractivity contribution < 1.29 is 23.7 Å². The van der Waals surface area contributed by atoms with E-state index < -0.39 is 30.4 Å². The molecule has 1 atom stereocenters. The zero-order valence-corrected chi connectivity index (χ0v) is 16.4. The predicted molar refractivity (Wildman–Crippen MR) is 105 cm³/mol. The lowest BCUT2D eigenvalue weighted by atomic mass is 10.1. The summed E-state index contributed by atoms with van der Waals surface area (Å²) in [5.74, 6) is 0.554. The highest BCUT2D eigenvalue weighted by atomic mass is 16.5. The first-order chi connectivity index (χ1) is 13.9. The Balaban J connectivity index is 1.69. The maximum Gasteiger partial charge on any atom is 0.397 e. The molecule has 1 fully saturated rings. The Morgan fingerprint density at radius 1 is 1.31 bits per heavy atom. The van der Waals surface area contributed by atoms with Crippen molar-refractivity contribution in [2.75, 3.05) is 38.2 Å². The van der Waals surface area contributed by atoms with E-state index in [1.807, 2.05) is 40.7 Å². The number of hydrogen-bond acceptors (Lipinski definition) is 6. The number of amides is 4. The minimum absolute atomic E-state index is 0.369. The molecule has 1 saturated heterocycles. The zero-order chi connectivity index (χ0) is 20.7. The summed E-state index contributed by atoms with van der Waals surface area (Å²) >= 11 is 0. The summed E-state index contributed by atoms with van der Waals surface area (Å²) in [4.78, 5) is 45.8. The van der Waals surface area contributed by atoms with Gasteiger partial charge in [-0.25, -0.2) is 14.3 Å². The number of carbonyl (C=O) groups is 3. The average molecular weight is 399 g/mol. The topological polar surface area (TPSA) is 112 Å². The normalized spacial score (nSPS) is 21.2. The van der Waals surface area contributed by atoms with Gasteiger partial charge >= 0.3 is 12.0 Å². The summed E-state index contributed by atoms with van der Waals surface area (Å²) in [6, 6.07) is 6.33. The number of fused-ring (bicyclic) bond motifs is 2. The Morgan fingerprint density at radius 3 is 2.69 bits per heavy atom. The fourth-order valence-electron chi connectivity index (χ4n) is 3.88. The lowest BCUT2D eigenvalue weighted by molar-refractivity contribution is -0.539. The van der Waals surface area contributed by atoms with Gasteiger partial charge in [-0.15, -0.1) is 0 Å². The maximum atomic E-state index is 13.0. The van der Waals surface area contributed by atoms with Gasteiger partial charge in [0.2, 0.25) is 17.8 Å². The molecule has 0 aromatic heterocycles. The number of amidine groups is 1. The molecule has 0 aliphatic carbocycles. The van der Waals surface area contributed by atoms with E-state index >= 15 is 0 Å². The molecule has 0 spiro atoms. The third kappa shape index (κ3) is 3.10. The number of carbonyl (C=O) groups excluding carboxylic acids is 3. The lowest BCUT2D eigenvalue weighted by Gasteiger charge is -2.34. The number of hydrogen-bond donors (Lipinski definition) is 1. The van der Waals surface area contributed by atoms with Gasteiger partial charge < -0.3 is 10.5 Å². The highest BCUT2D eigenvalue weighted by Crippen LogP contribution is 2.27. The van der Waals surface area contributed by atoms with Crippen LogP contribution in [0.25, 0.3) is 0 Å². The van der Waals surface area contributed by atoms with Crippen LogP contribution in [0.3, 0.4) is 0 Å². The first kappa shape index (κ1) is 18.9. The summed E-state index contributed by atoms with van der Waals surface area (Å²) in [5, 5.41) is 0. The SMILES string of the molecule is CCOc1ccc(N2CCC[N+]3=C2N=C2C3C(=O)N(CC(N)=O)C(=O)N2C)cc1. The molecular weight excluding hydrogens is 376 g/mol. The van der Waals surface area contributed by atoms with Crippen LogP contribution in [0.4, 0.5) is 10.5 Å². The number of guanidine groups is 1. The van der Waals surface area contributed by atoms with Gasteiger partial charge in [0.1, 0.15) is 18.0 Å². The number of rotatable bonds is 5. The number of nitrogens with zero attached hydrogens (tertiary/aromatic N) is 5. The Bertz CT molecular complexity index is 939. The van der Waals surface area contributed by atoms with Gasteiger partial charge in [-0.2, -0.15) is 0 Å². The number of anilines is 1. The molecule has 29 heavy (non-hydrogen) atoms. The molecule has 0 radical (unpaired) electrons. The Labute approximate surface area is 167 Å². The number of imide groups is 1. The van der Waals surface area contributed by atoms with E-state index in [9.17, 15) is 14.4 Å². The molecule has 10 heteroatoms. The number of aliphatic imine (C=N–C) groups is 1. The van der Waals surface area contributed by atoms with Crippen molar-refractivity contribution in [3.05, 3.63) is 24.3 Å². The van der Waals surface area contributed by atoms with E-state index in [0.29, 0.717) is 24.9 Å². The summed E-state index contributed by atoms with van der Waals surface area (Å²) in [7, 11) is 1.55. The quantitative estimate of drug-likeness (QED) is 0.691. The van der Waals surface area contributed by atoms with Crippen LogP contribution in [0.2, 0.25) is 0 Å². The molecule has 1 unspecified atom stereocenters. The van der Waals surface area contributed by atoms with Gasteiger partial charge in [0.15, 0.2) is 0 Å². The van der Waals surface area contributed by atoms with Gasteiger partial charge in [0.05, 0.1) is 19.7 Å². The highest BCUT2D eigenvalue weighted by Gasteiger charge is 2.54. The number of benzene rings is 1. The molecule has 4 amide bonds. The fourth-order valence-corrected chi connectivity index (χ4v) is 3.88. The second-order valence-electron chi connectivity index (χ2n) is 7.03. The van der Waals surface area contributed by atoms with Crippen LogP contribution in [0, 0.1) is 0 Å². The van der Waals surface area contributed by atoms with Gasteiger partial charge in [0.25, 0.3) is 5.91 Å². The Kier molecular flexibility index (Phi) is 4.69. The minimum atomic E-state index is -0.739. The Morgan fingerprint density at radius 2 is 2.03 bits per heavy atom. The minimum Gasteiger partial charge on any atom is -0.494 e. The van der Waals surface area contributed by atoms with E-state index in [2.05, 4.69) is 4.99 Å². The molecule has 1 aromatic carbocycles. The molecule has 3 aliphatic rings. The number of urea groups is 1. The monoisotopic (exact) mass is 399 g/mol. The molecule has 152 valence electrons. The van der Waals surface area contributed by atoms with Crippen LogP contribution in [0.1, 0.15) is 13.3 Å². The van der Waals surface area contributed by atoms with Crippen molar-refractivity contribution in [1.29, 1.82) is 0 Å². The molecular formula is C19H23N6O4+. The highest BCUT2D eigenvalue weighted by molar-refractivity contribution is 6.24. The van der Waals surface area contributed by atoms with Crippen LogP contribution in [0.5, 0.6) is 5.75 Å². The molecule has 4 rings (SSSR count). The van der Waals surface area contributed by atoms with Crippen molar-refractivity contribution in [1.82, 2.24) is 9.80 Å². The van der Waals surface area contributed by atoms with Gasteiger partial charge in [-0.1, -0.05) is 4.99 Å². The third-order valence-corrected chi connectivity index (χ3v) is 5.18. The van der Waals surface area contributed by atoms with Crippen LogP contribution >= 0.6 is 0 Å². The number of primary amides is 1. The van der Waals surface area contributed by atoms with E-state index in [1.165, 1.54) is 4.90 Å². The van der Waals surface area contributed by atoms with E-state index in [4.69, 9.17) is 10.5 Å². The third-order valence-electron chi connectivity index (χ3n) is 5.18. The first-order valence-corrected chi connectivity index (χ1v) is 9.52. The number of nitrogens with two attached hydrogens (primary N) is 1. The van der Waals surface area contributed by atoms with Crippen molar-refractivity contribution in [2.24, 2.45) is 10.7 Å². The average Bonchev–Trinajstić information content (AvgIpc) is 3.10. The van der Waals surface area contributed by atoms with Crippen molar-refractivity contribution in [2.45, 2.75) is 19.4 Å². The summed E-state index contributed by atoms with van der Waals surface area (Å²) in [6.07, 6.45) is 0.816. The predicted octanol–water partition coefficient (Wildman–Crippen LogP) is -0.176. The van der Waals surface area contributed by atoms with Crippen LogP contribution in [-0.2, 0) is 9.59 Å². The van der Waals surface area contributed by atoms with E-state index in [-0.39, 0.29) is 0 Å². The maximum absolute atomic E-state index is 13.0. The standard InChI is InChI=1S/C19H22N6O4/c1-3-29-13-7-5-12(6-8-13)23-9-4-10-24-15-16(21-18(23)24)22(2)19(28)25(17(15)27)11-14(20)26/h5-8,15H,3-4,9-11H2,1-2H3,(H-,20,26)/p+1. The summed E-state index contributed by atoms with van der Waals surface area (Å²) in [5.41, 5.74) is 6.15. The van der Waals surface area contributed by atoms with Crippen molar-refractivity contribution >= 4 is 35.3 Å². The van der Waals surface area contributed by atoms with Gasteiger partial charge in [-0.05, 0) is 31.2 Å². The molecule has 3 heterocycles. The molecule has 2 N–H and O–H groups in total. The number of likely N-dealkylation sites (N-methyl/N-ethyl adjacent to an activating group) is 1. The second kappa shape index (κ2) is 7.19. The molecule has 0 bridgehead atoms. The lowest BCUT2D eigenvalue weighted by Crippen LogP contribution is -2.64. The second-order valence-corrected chi connectivity index (χ2v) is 7.03. The van der Waals surface area contributed by atoms with Crippen LogP contribution in [-0.4, -0.2) is 83.3 Å². The van der Waals surface area contributed by atoms with Crippen molar-refractivity contribution in [3.63, 3.8) is 0 Å². The Hall–Kier alpha value is -3.43. The number of ether oxygens (including phenoxy) is 1. The molecule has 1 aromatic rings. The fraction of sp³-hybridized carbons (Fsp3) is 0.421. The summed E-state index contributed by atoms with van der Waals surface area (Å²) < 4.78 is 7.38. The van der Waals surface area contributed by atoms with Gasteiger partial charge in [0, 0.05) is 13.5 Å².